The van der Waals surface area contributed by atoms with Crippen LogP contribution in [0, 0.1) is 12.8 Å². The van der Waals surface area contributed by atoms with Crippen LogP contribution in [0.3, 0.4) is 0 Å². The number of carbonyl (C=O) groups excluding carboxylic acids is 4. The van der Waals surface area contributed by atoms with Crippen LogP contribution >= 0.6 is 0 Å². The van der Waals surface area contributed by atoms with Crippen molar-refractivity contribution in [2.24, 2.45) is 5.92 Å². The van der Waals surface area contributed by atoms with Gasteiger partial charge in [0.25, 0.3) is 0 Å². The molecular weight excluding hydrogens is 709 g/mol. The maximum Gasteiger partial charge on any atom is 0.338 e. The van der Waals surface area contributed by atoms with Crippen molar-refractivity contribution in [1.29, 1.82) is 0 Å². The van der Waals surface area contributed by atoms with Crippen LogP contribution in [0.25, 0.3) is 28.3 Å². The molecule has 0 aliphatic carbocycles. The first-order chi connectivity index (χ1) is 26.7. The minimum Gasteiger partial charge on any atom is -0.493 e. The molecule has 56 heavy (non-hydrogen) atoms. The summed E-state index contributed by atoms with van der Waals surface area (Å²) in [4.78, 5) is 48.2. The zero-order chi connectivity index (χ0) is 40.8. The van der Waals surface area contributed by atoms with Gasteiger partial charge >= 0.3 is 23.9 Å². The highest BCUT2D eigenvalue weighted by Gasteiger charge is 2.17. The molecule has 0 aromatic heterocycles. The van der Waals surface area contributed by atoms with Gasteiger partial charge in [0.05, 0.1) is 19.8 Å². The number of carbonyl (C=O) groups is 4. The van der Waals surface area contributed by atoms with Gasteiger partial charge in [-0.2, -0.15) is 0 Å². The molecule has 0 saturated heterocycles. The van der Waals surface area contributed by atoms with Gasteiger partial charge in [-0.15, -0.1) is 0 Å². The summed E-state index contributed by atoms with van der Waals surface area (Å²) in [7, 11) is 0. The molecule has 4 aromatic rings. The fraction of sp³-hybridized carbons (Fsp3) is 0.234. The molecule has 0 radical (unpaired) electrons. The number of rotatable bonds is 18. The quantitative estimate of drug-likeness (QED) is 0.0556. The third kappa shape index (κ3) is 12.6. The van der Waals surface area contributed by atoms with Gasteiger partial charge in [0.15, 0.2) is 0 Å². The lowest BCUT2D eigenvalue weighted by Crippen LogP contribution is -2.23. The zero-order valence-corrected chi connectivity index (χ0v) is 32.6. The van der Waals surface area contributed by atoms with Gasteiger partial charge in [0.1, 0.15) is 17.2 Å². The van der Waals surface area contributed by atoms with Gasteiger partial charge in [-0.25, -0.2) is 19.2 Å². The first-order valence-corrected chi connectivity index (χ1v) is 18.2. The second-order valence-electron chi connectivity index (χ2n) is 13.5. The Hall–Kier alpha value is -6.48. The Morgan fingerprint density at radius 2 is 1.16 bits per heavy atom. The highest BCUT2D eigenvalue weighted by Crippen LogP contribution is 2.30. The van der Waals surface area contributed by atoms with Crippen LogP contribution in [-0.4, -0.2) is 43.7 Å². The van der Waals surface area contributed by atoms with Gasteiger partial charge in [-0.1, -0.05) is 81.3 Å². The van der Waals surface area contributed by atoms with E-state index < -0.39 is 23.9 Å². The van der Waals surface area contributed by atoms with E-state index in [9.17, 15) is 19.2 Å². The van der Waals surface area contributed by atoms with E-state index >= 15 is 0 Å². The lowest BCUT2D eigenvalue weighted by Gasteiger charge is -2.18. The summed E-state index contributed by atoms with van der Waals surface area (Å²) in [6, 6.07) is 27.0. The first-order valence-electron chi connectivity index (χ1n) is 18.2. The van der Waals surface area contributed by atoms with Gasteiger partial charge in [-0.05, 0) is 116 Å². The molecular formula is C47H48O9. The standard InChI is InChI=1S/C47H48O9/c1-9-36-27-40(19-21-43(36)52-25-24-35(28-53-45(49)30(2)3)29-54-46(50)31(4)5)39-17-15-38(16-18-39)37-13-10-34(11-14-37)12-23-44(48)56-42-22-20-41(26-33(42)8)55-47(51)32(6)7/h10-23,26-27,35H,2,4,6,9,24-25,28-29H2,1,3,5,7-8H3/b23-12+. The second-order valence-corrected chi connectivity index (χ2v) is 13.5. The molecule has 0 atom stereocenters. The van der Waals surface area contributed by atoms with Gasteiger partial charge in [-0.3, -0.25) is 0 Å². The smallest absolute Gasteiger partial charge is 0.338 e. The molecule has 9 heteroatoms. The Labute approximate surface area is 328 Å². The molecule has 0 fully saturated rings. The van der Waals surface area contributed by atoms with Gasteiger partial charge < -0.3 is 23.7 Å². The van der Waals surface area contributed by atoms with Crippen LogP contribution in [0.15, 0.2) is 127 Å². The van der Waals surface area contributed by atoms with Crippen LogP contribution in [0.1, 0.15) is 50.8 Å². The Balaban J connectivity index is 1.33. The van der Waals surface area contributed by atoms with E-state index in [1.54, 1.807) is 52.0 Å². The second kappa shape index (κ2) is 20.3. The van der Waals surface area contributed by atoms with E-state index in [4.69, 9.17) is 23.7 Å². The summed E-state index contributed by atoms with van der Waals surface area (Å²) < 4.78 is 27.5. The molecule has 4 aromatic carbocycles. The number of esters is 4. The van der Waals surface area contributed by atoms with Crippen molar-refractivity contribution in [1.82, 2.24) is 0 Å². The van der Waals surface area contributed by atoms with Crippen LogP contribution in [-0.2, 0) is 35.1 Å². The molecule has 0 N–H and O–H groups in total. The van der Waals surface area contributed by atoms with E-state index in [2.05, 4.69) is 57.0 Å². The third-order valence-electron chi connectivity index (χ3n) is 8.61. The normalized spacial score (nSPS) is 10.8. The molecule has 0 spiro atoms. The fourth-order valence-corrected chi connectivity index (χ4v) is 5.30. The van der Waals surface area contributed by atoms with Crippen molar-refractivity contribution in [2.45, 2.75) is 47.5 Å². The Morgan fingerprint density at radius 1 is 0.643 bits per heavy atom. The zero-order valence-electron chi connectivity index (χ0n) is 32.6. The third-order valence-corrected chi connectivity index (χ3v) is 8.61. The average molecular weight is 757 g/mol. The van der Waals surface area contributed by atoms with Gasteiger partial charge in [0, 0.05) is 28.7 Å². The van der Waals surface area contributed by atoms with Crippen LogP contribution in [0.2, 0.25) is 0 Å². The molecule has 0 bridgehead atoms. The van der Waals surface area contributed by atoms with Crippen LogP contribution < -0.4 is 14.2 Å². The molecule has 0 amide bonds. The van der Waals surface area contributed by atoms with Crippen molar-refractivity contribution in [3.8, 4) is 39.5 Å². The van der Waals surface area contributed by atoms with Crippen molar-refractivity contribution in [3.63, 3.8) is 0 Å². The SMILES string of the molecule is C=C(C)C(=O)OCC(CCOc1ccc(-c2ccc(-c3ccc(/C=C/C(=O)Oc4ccc(OC(=O)C(=C)C)cc4C)cc3)cc2)cc1CC)COC(=O)C(=C)C. The highest BCUT2D eigenvalue weighted by molar-refractivity contribution is 5.90. The minimum absolute atomic E-state index is 0.0717. The fourth-order valence-electron chi connectivity index (χ4n) is 5.30. The Bertz CT molecular complexity index is 2090. The summed E-state index contributed by atoms with van der Waals surface area (Å²) >= 11 is 0. The van der Waals surface area contributed by atoms with Crippen molar-refractivity contribution in [3.05, 3.63) is 144 Å². The maximum atomic E-state index is 12.5. The lowest BCUT2D eigenvalue weighted by atomic mass is 9.98. The van der Waals surface area contributed by atoms with Crippen LogP contribution in [0.5, 0.6) is 17.2 Å². The summed E-state index contributed by atoms with van der Waals surface area (Å²) in [5.41, 5.74) is 7.60. The number of benzene rings is 4. The number of ether oxygens (including phenoxy) is 5. The Morgan fingerprint density at radius 3 is 1.70 bits per heavy atom. The molecule has 0 saturated carbocycles. The van der Waals surface area contributed by atoms with E-state index in [1.807, 2.05) is 36.4 Å². The molecule has 0 heterocycles. The number of hydrogen-bond donors (Lipinski definition) is 0. The minimum atomic E-state index is -0.531. The van der Waals surface area contributed by atoms with Crippen molar-refractivity contribution >= 4 is 30.0 Å². The molecule has 9 nitrogen and oxygen atoms in total. The van der Waals surface area contributed by atoms with Gasteiger partial charge in [0.2, 0.25) is 0 Å². The van der Waals surface area contributed by atoms with E-state index in [0.29, 0.717) is 41.2 Å². The molecule has 0 aliphatic rings. The van der Waals surface area contributed by atoms with Crippen molar-refractivity contribution < 1.29 is 42.9 Å². The predicted molar refractivity (Wildman–Crippen MR) is 218 cm³/mol. The van der Waals surface area contributed by atoms with E-state index in [1.165, 1.54) is 6.08 Å². The molecule has 0 unspecified atom stereocenters. The van der Waals surface area contributed by atoms with E-state index in [0.717, 1.165) is 45.6 Å². The molecule has 4 rings (SSSR count). The summed E-state index contributed by atoms with van der Waals surface area (Å²) in [5.74, 6) is -0.833. The van der Waals surface area contributed by atoms with Crippen molar-refractivity contribution in [2.75, 3.05) is 19.8 Å². The highest BCUT2D eigenvalue weighted by atomic mass is 16.6. The topological polar surface area (TPSA) is 114 Å². The number of hydrogen-bond acceptors (Lipinski definition) is 9. The predicted octanol–water partition coefficient (Wildman–Crippen LogP) is 9.62. The molecule has 0 aliphatic heterocycles. The number of aryl methyl sites for hydroxylation is 2. The summed E-state index contributed by atoms with van der Waals surface area (Å²) in [5, 5.41) is 0. The Kier molecular flexibility index (Phi) is 15.3. The largest absolute Gasteiger partial charge is 0.493 e. The monoisotopic (exact) mass is 756 g/mol. The first kappa shape index (κ1) is 42.3. The lowest BCUT2D eigenvalue weighted by molar-refractivity contribution is -0.144. The van der Waals surface area contributed by atoms with Crippen LogP contribution in [0.4, 0.5) is 0 Å². The average Bonchev–Trinajstić information content (AvgIpc) is 3.18. The summed E-state index contributed by atoms with van der Waals surface area (Å²) in [6.45, 7) is 19.8. The van der Waals surface area contributed by atoms with E-state index in [-0.39, 0.29) is 24.7 Å². The molecule has 290 valence electrons. The maximum absolute atomic E-state index is 12.5. The summed E-state index contributed by atoms with van der Waals surface area (Å²) in [6.07, 6.45) is 4.31.